The average Bonchev–Trinajstić information content (AvgIpc) is 2.73. The molecule has 3 aromatic rings. The highest BCUT2D eigenvalue weighted by Gasteiger charge is 2.20. The van der Waals surface area contributed by atoms with Crippen LogP contribution in [0, 0.1) is 13.8 Å². The highest BCUT2D eigenvalue weighted by molar-refractivity contribution is 7.92. The Balaban J connectivity index is 1.81. The molecule has 0 fully saturated rings. The fourth-order valence-corrected chi connectivity index (χ4v) is 4.46. The Bertz CT molecular complexity index is 1300. The number of benzene rings is 3. The van der Waals surface area contributed by atoms with E-state index in [0.717, 1.165) is 11.1 Å². The normalized spacial score (nSPS) is 12.0. The van der Waals surface area contributed by atoms with Gasteiger partial charge < -0.3 is 10.6 Å². The van der Waals surface area contributed by atoms with Crippen molar-refractivity contribution in [2.45, 2.75) is 38.6 Å². The molecule has 3 rings (SSSR count). The van der Waals surface area contributed by atoms with Gasteiger partial charge in [0.1, 0.15) is 0 Å². The monoisotopic (exact) mass is 465 g/mol. The van der Waals surface area contributed by atoms with Crippen LogP contribution in [0.25, 0.3) is 0 Å². The van der Waals surface area contributed by atoms with Crippen LogP contribution in [-0.4, -0.2) is 20.2 Å². The van der Waals surface area contributed by atoms with Gasteiger partial charge in [-0.25, -0.2) is 8.42 Å². The Morgan fingerprint density at radius 2 is 1.58 bits per heavy atom. The van der Waals surface area contributed by atoms with Gasteiger partial charge in [0, 0.05) is 23.9 Å². The largest absolute Gasteiger partial charge is 0.346 e. The summed E-state index contributed by atoms with van der Waals surface area (Å²) in [7, 11) is -3.87. The number of sulfonamides is 1. The summed E-state index contributed by atoms with van der Waals surface area (Å²) >= 11 is 0. The Morgan fingerprint density at radius 3 is 2.27 bits per heavy atom. The first kappa shape index (κ1) is 24.0. The number of rotatable bonds is 7. The van der Waals surface area contributed by atoms with Crippen LogP contribution >= 0.6 is 0 Å². The van der Waals surface area contributed by atoms with Crippen molar-refractivity contribution in [1.29, 1.82) is 0 Å². The predicted molar refractivity (Wildman–Crippen MR) is 130 cm³/mol. The van der Waals surface area contributed by atoms with Crippen LogP contribution < -0.4 is 15.4 Å². The van der Waals surface area contributed by atoms with Gasteiger partial charge in [0.25, 0.3) is 15.9 Å². The SMILES string of the molecule is CC(=O)Nc1cccc(C(C)NC(=O)c2cc(S(=O)(=O)Nc3cccc(C)c3)ccc2C)c1. The number of carbonyl (C=O) groups excluding carboxylic acids is 2. The topological polar surface area (TPSA) is 104 Å². The molecule has 172 valence electrons. The van der Waals surface area contributed by atoms with E-state index in [2.05, 4.69) is 15.4 Å². The van der Waals surface area contributed by atoms with Gasteiger partial charge >= 0.3 is 0 Å². The third-order valence-corrected chi connectivity index (χ3v) is 6.47. The zero-order chi connectivity index (χ0) is 24.2. The molecule has 1 unspecified atom stereocenters. The third-order valence-electron chi connectivity index (χ3n) is 5.09. The molecule has 33 heavy (non-hydrogen) atoms. The molecule has 3 N–H and O–H groups in total. The molecule has 2 amide bonds. The number of amides is 2. The molecule has 3 aromatic carbocycles. The van der Waals surface area contributed by atoms with E-state index < -0.39 is 15.9 Å². The fraction of sp³-hybridized carbons (Fsp3) is 0.200. The summed E-state index contributed by atoms with van der Waals surface area (Å²) in [6.45, 7) is 6.87. The first-order valence-electron chi connectivity index (χ1n) is 10.4. The van der Waals surface area contributed by atoms with E-state index in [-0.39, 0.29) is 22.4 Å². The van der Waals surface area contributed by atoms with E-state index in [0.29, 0.717) is 16.9 Å². The molecule has 0 radical (unpaired) electrons. The van der Waals surface area contributed by atoms with Crippen molar-refractivity contribution in [1.82, 2.24) is 5.32 Å². The maximum absolute atomic E-state index is 13.0. The van der Waals surface area contributed by atoms with Crippen molar-refractivity contribution < 1.29 is 18.0 Å². The summed E-state index contributed by atoms with van der Waals surface area (Å²) < 4.78 is 28.3. The standard InChI is InChI=1S/C25H27N3O4S/c1-16-7-5-10-22(13-16)28-33(31,32)23-12-11-17(2)24(15-23)25(30)26-18(3)20-8-6-9-21(14-20)27-19(4)29/h5-15,18,28H,1-4H3,(H,26,30)(H,27,29). The average molecular weight is 466 g/mol. The molecule has 8 heteroatoms. The fourth-order valence-electron chi connectivity index (χ4n) is 3.38. The molecule has 0 saturated carbocycles. The summed E-state index contributed by atoms with van der Waals surface area (Å²) in [5.41, 5.74) is 3.74. The molecule has 7 nitrogen and oxygen atoms in total. The van der Waals surface area contributed by atoms with E-state index in [4.69, 9.17) is 0 Å². The second kappa shape index (κ2) is 9.87. The van der Waals surface area contributed by atoms with Crippen molar-refractivity contribution in [2.75, 3.05) is 10.0 Å². The van der Waals surface area contributed by atoms with Crippen molar-refractivity contribution in [3.8, 4) is 0 Å². The lowest BCUT2D eigenvalue weighted by atomic mass is 10.1. The molecule has 0 bridgehead atoms. The first-order valence-corrected chi connectivity index (χ1v) is 11.9. The number of carbonyl (C=O) groups is 2. The first-order chi connectivity index (χ1) is 15.5. The Morgan fingerprint density at radius 1 is 0.879 bits per heavy atom. The zero-order valence-corrected chi connectivity index (χ0v) is 19.8. The van der Waals surface area contributed by atoms with Gasteiger partial charge in [-0.1, -0.05) is 30.3 Å². The lowest BCUT2D eigenvalue weighted by molar-refractivity contribution is -0.114. The summed E-state index contributed by atoms with van der Waals surface area (Å²) in [6.07, 6.45) is 0. The number of aryl methyl sites for hydroxylation is 2. The van der Waals surface area contributed by atoms with E-state index >= 15 is 0 Å². The van der Waals surface area contributed by atoms with Crippen molar-refractivity contribution in [2.24, 2.45) is 0 Å². The molecular weight excluding hydrogens is 438 g/mol. The van der Waals surface area contributed by atoms with Crippen LogP contribution in [0.2, 0.25) is 0 Å². The van der Waals surface area contributed by atoms with E-state index in [1.807, 2.05) is 26.0 Å². The summed E-state index contributed by atoms with van der Waals surface area (Å²) in [6, 6.07) is 18.3. The molecule has 0 aliphatic carbocycles. The van der Waals surface area contributed by atoms with Crippen LogP contribution in [0.3, 0.4) is 0 Å². The Labute approximate surface area is 194 Å². The van der Waals surface area contributed by atoms with Crippen LogP contribution in [0.4, 0.5) is 11.4 Å². The minimum absolute atomic E-state index is 0.0000599. The summed E-state index contributed by atoms with van der Waals surface area (Å²) in [5.74, 6) is -0.575. The van der Waals surface area contributed by atoms with Gasteiger partial charge in [0.05, 0.1) is 10.9 Å². The van der Waals surface area contributed by atoms with Crippen molar-refractivity contribution in [3.63, 3.8) is 0 Å². The Hall–Kier alpha value is -3.65. The maximum Gasteiger partial charge on any atom is 0.261 e. The quantitative estimate of drug-likeness (QED) is 0.476. The van der Waals surface area contributed by atoms with Crippen LogP contribution in [0.5, 0.6) is 0 Å². The second-order valence-electron chi connectivity index (χ2n) is 7.95. The highest BCUT2D eigenvalue weighted by Crippen LogP contribution is 2.22. The lowest BCUT2D eigenvalue weighted by Crippen LogP contribution is -2.27. The molecule has 0 aliphatic heterocycles. The van der Waals surface area contributed by atoms with Gasteiger partial charge in [0.15, 0.2) is 0 Å². The van der Waals surface area contributed by atoms with E-state index in [1.54, 1.807) is 49.4 Å². The number of anilines is 2. The number of hydrogen-bond acceptors (Lipinski definition) is 4. The highest BCUT2D eigenvalue weighted by atomic mass is 32.2. The summed E-state index contributed by atoms with van der Waals surface area (Å²) in [5, 5.41) is 5.62. The third kappa shape index (κ3) is 6.20. The Kier molecular flexibility index (Phi) is 7.18. The van der Waals surface area contributed by atoms with Gasteiger partial charge in [-0.2, -0.15) is 0 Å². The van der Waals surface area contributed by atoms with Crippen LogP contribution in [0.15, 0.2) is 71.6 Å². The van der Waals surface area contributed by atoms with Crippen molar-refractivity contribution >= 4 is 33.2 Å². The summed E-state index contributed by atoms with van der Waals surface area (Å²) in [4.78, 5) is 24.3. The van der Waals surface area contributed by atoms with Crippen LogP contribution in [0.1, 0.15) is 46.9 Å². The van der Waals surface area contributed by atoms with Gasteiger partial charge in [-0.15, -0.1) is 0 Å². The molecule has 1 atom stereocenters. The number of hydrogen-bond donors (Lipinski definition) is 3. The minimum atomic E-state index is -3.87. The zero-order valence-electron chi connectivity index (χ0n) is 19.0. The molecule has 0 spiro atoms. The predicted octanol–water partition coefficient (Wildman–Crippen LogP) is 4.55. The molecule has 0 aliphatic rings. The smallest absolute Gasteiger partial charge is 0.261 e. The lowest BCUT2D eigenvalue weighted by Gasteiger charge is -2.17. The number of nitrogens with one attached hydrogen (secondary N) is 3. The van der Waals surface area contributed by atoms with E-state index in [1.165, 1.54) is 19.1 Å². The van der Waals surface area contributed by atoms with Crippen molar-refractivity contribution in [3.05, 3.63) is 89.0 Å². The molecule has 0 heterocycles. The molecular formula is C25H27N3O4S. The van der Waals surface area contributed by atoms with Crippen LogP contribution in [-0.2, 0) is 14.8 Å². The van der Waals surface area contributed by atoms with Gasteiger partial charge in [-0.3, -0.25) is 14.3 Å². The van der Waals surface area contributed by atoms with Gasteiger partial charge in [0.2, 0.25) is 5.91 Å². The maximum atomic E-state index is 13.0. The van der Waals surface area contributed by atoms with Gasteiger partial charge in [-0.05, 0) is 73.9 Å². The molecule has 0 aromatic heterocycles. The second-order valence-corrected chi connectivity index (χ2v) is 9.64. The minimum Gasteiger partial charge on any atom is -0.346 e. The van der Waals surface area contributed by atoms with E-state index in [9.17, 15) is 18.0 Å². The molecule has 0 saturated heterocycles.